The van der Waals surface area contributed by atoms with Crippen LogP contribution in [0, 0.1) is 0 Å². The summed E-state index contributed by atoms with van der Waals surface area (Å²) in [7, 11) is 1.50. The quantitative estimate of drug-likeness (QED) is 0.546. The lowest BCUT2D eigenvalue weighted by Gasteiger charge is -2.12. The molecule has 0 heterocycles. The summed E-state index contributed by atoms with van der Waals surface area (Å²) < 4.78 is 9.67. The summed E-state index contributed by atoms with van der Waals surface area (Å²) in [6.45, 7) is 2.66. The highest BCUT2D eigenvalue weighted by Gasteiger charge is 2.11. The maximum absolute atomic E-state index is 11.3. The fourth-order valence-corrected chi connectivity index (χ4v) is 1.08. The van der Waals surface area contributed by atoms with Gasteiger partial charge in [-0.3, -0.25) is 9.59 Å². The summed E-state index contributed by atoms with van der Waals surface area (Å²) in [5, 5.41) is 2.60. The molecule has 0 aromatic heterocycles. The molecule has 0 rings (SSSR count). The minimum atomic E-state index is -0.315. The lowest BCUT2D eigenvalue weighted by molar-refractivity contribution is -0.143. The van der Waals surface area contributed by atoms with Crippen LogP contribution >= 0.6 is 0 Å². The molecule has 0 aromatic rings. The normalized spacial score (nSPS) is 11.9. The van der Waals surface area contributed by atoms with Crippen molar-refractivity contribution in [2.45, 2.75) is 25.9 Å². The van der Waals surface area contributed by atoms with Crippen molar-refractivity contribution < 1.29 is 19.1 Å². The number of hydrogen-bond donors (Lipinski definition) is 2. The average Bonchev–Trinajstić information content (AvgIpc) is 2.26. The van der Waals surface area contributed by atoms with Gasteiger partial charge in [0.25, 0.3) is 0 Å². The van der Waals surface area contributed by atoms with Crippen molar-refractivity contribution in [1.82, 2.24) is 5.32 Å². The SMILES string of the molecule is CCOC(=O)CCNC(=O)CC(CN)OC. The standard InChI is InChI=1S/C10H20N2O4/c1-3-16-10(14)4-5-12-9(13)6-8(7-11)15-2/h8H,3-7,11H2,1-2H3,(H,12,13). The number of ether oxygens (including phenoxy) is 2. The number of rotatable bonds is 8. The van der Waals surface area contributed by atoms with Gasteiger partial charge in [-0.1, -0.05) is 0 Å². The average molecular weight is 232 g/mol. The highest BCUT2D eigenvalue weighted by molar-refractivity contribution is 5.77. The molecule has 0 saturated carbocycles. The maximum atomic E-state index is 11.3. The van der Waals surface area contributed by atoms with Crippen LogP contribution in [-0.4, -0.2) is 44.8 Å². The second-order valence-corrected chi connectivity index (χ2v) is 3.20. The minimum Gasteiger partial charge on any atom is -0.466 e. The number of esters is 1. The molecule has 1 atom stereocenters. The first-order chi connectivity index (χ1) is 7.63. The molecule has 16 heavy (non-hydrogen) atoms. The van der Waals surface area contributed by atoms with Crippen LogP contribution < -0.4 is 11.1 Å². The summed E-state index contributed by atoms with van der Waals surface area (Å²) in [4.78, 5) is 22.3. The molecular weight excluding hydrogens is 212 g/mol. The fraction of sp³-hybridized carbons (Fsp3) is 0.800. The van der Waals surface area contributed by atoms with Crippen LogP contribution in [0.2, 0.25) is 0 Å². The van der Waals surface area contributed by atoms with Gasteiger partial charge in [-0.2, -0.15) is 0 Å². The largest absolute Gasteiger partial charge is 0.466 e. The molecule has 0 aromatic carbocycles. The predicted molar refractivity (Wildman–Crippen MR) is 58.7 cm³/mol. The molecule has 0 bridgehead atoms. The van der Waals surface area contributed by atoms with Gasteiger partial charge >= 0.3 is 5.97 Å². The van der Waals surface area contributed by atoms with Gasteiger partial charge in [-0.05, 0) is 6.92 Å². The number of carbonyl (C=O) groups excluding carboxylic acids is 2. The predicted octanol–water partition coefficient (Wildman–Crippen LogP) is -0.580. The molecule has 3 N–H and O–H groups in total. The van der Waals surface area contributed by atoms with Crippen molar-refractivity contribution in [1.29, 1.82) is 0 Å². The molecule has 0 fully saturated rings. The van der Waals surface area contributed by atoms with E-state index >= 15 is 0 Å². The number of amides is 1. The van der Waals surface area contributed by atoms with Gasteiger partial charge in [0.15, 0.2) is 0 Å². The zero-order valence-electron chi connectivity index (χ0n) is 9.82. The molecule has 1 unspecified atom stereocenters. The lowest BCUT2D eigenvalue weighted by Crippen LogP contribution is -2.33. The highest BCUT2D eigenvalue weighted by atomic mass is 16.5. The number of hydrogen-bond acceptors (Lipinski definition) is 5. The van der Waals surface area contributed by atoms with E-state index < -0.39 is 0 Å². The Balaban J connectivity index is 3.61. The van der Waals surface area contributed by atoms with Crippen LogP contribution in [0.5, 0.6) is 0 Å². The van der Waals surface area contributed by atoms with E-state index in [0.29, 0.717) is 13.2 Å². The molecule has 1 amide bonds. The van der Waals surface area contributed by atoms with E-state index in [1.165, 1.54) is 7.11 Å². The van der Waals surface area contributed by atoms with Crippen LogP contribution in [0.4, 0.5) is 0 Å². The van der Waals surface area contributed by atoms with Gasteiger partial charge in [0.2, 0.25) is 5.91 Å². The van der Waals surface area contributed by atoms with Gasteiger partial charge in [0.05, 0.1) is 25.6 Å². The second kappa shape index (κ2) is 9.11. The molecule has 0 spiro atoms. The van der Waals surface area contributed by atoms with E-state index in [4.69, 9.17) is 15.2 Å². The Hall–Kier alpha value is -1.14. The number of methoxy groups -OCH3 is 1. The summed E-state index contributed by atoms with van der Waals surface area (Å²) >= 11 is 0. The van der Waals surface area contributed by atoms with Crippen LogP contribution in [0.25, 0.3) is 0 Å². The molecule has 94 valence electrons. The third-order valence-corrected chi connectivity index (χ3v) is 1.97. The molecule has 6 heteroatoms. The summed E-state index contributed by atoms with van der Waals surface area (Å²) in [5.41, 5.74) is 5.37. The Kier molecular flexibility index (Phi) is 8.46. The molecule has 6 nitrogen and oxygen atoms in total. The lowest BCUT2D eigenvalue weighted by atomic mass is 10.2. The Morgan fingerprint density at radius 1 is 1.44 bits per heavy atom. The van der Waals surface area contributed by atoms with Crippen LogP contribution in [-0.2, 0) is 19.1 Å². The number of nitrogens with two attached hydrogens (primary N) is 1. The Morgan fingerprint density at radius 3 is 2.62 bits per heavy atom. The second-order valence-electron chi connectivity index (χ2n) is 3.20. The van der Waals surface area contributed by atoms with Crippen molar-refractivity contribution in [2.75, 3.05) is 26.8 Å². The van der Waals surface area contributed by atoms with Crippen molar-refractivity contribution in [3.05, 3.63) is 0 Å². The van der Waals surface area contributed by atoms with Crippen molar-refractivity contribution in [3.8, 4) is 0 Å². The van der Waals surface area contributed by atoms with Crippen LogP contribution in [0.1, 0.15) is 19.8 Å². The van der Waals surface area contributed by atoms with Crippen molar-refractivity contribution in [3.63, 3.8) is 0 Å². The first-order valence-electron chi connectivity index (χ1n) is 5.29. The third kappa shape index (κ3) is 7.19. The van der Waals surface area contributed by atoms with Crippen molar-refractivity contribution in [2.24, 2.45) is 5.73 Å². The van der Waals surface area contributed by atoms with Crippen LogP contribution in [0.15, 0.2) is 0 Å². The van der Waals surface area contributed by atoms with E-state index in [0.717, 1.165) is 0 Å². The molecule has 0 aliphatic carbocycles. The van der Waals surface area contributed by atoms with Gasteiger partial charge in [-0.15, -0.1) is 0 Å². The fourth-order valence-electron chi connectivity index (χ4n) is 1.08. The first kappa shape index (κ1) is 14.9. The van der Waals surface area contributed by atoms with E-state index in [1.807, 2.05) is 0 Å². The smallest absolute Gasteiger partial charge is 0.307 e. The maximum Gasteiger partial charge on any atom is 0.307 e. The monoisotopic (exact) mass is 232 g/mol. The molecule has 0 aliphatic rings. The highest BCUT2D eigenvalue weighted by Crippen LogP contribution is 1.94. The number of carbonyl (C=O) groups is 2. The van der Waals surface area contributed by atoms with Crippen molar-refractivity contribution >= 4 is 11.9 Å². The Labute approximate surface area is 95.5 Å². The third-order valence-electron chi connectivity index (χ3n) is 1.97. The zero-order chi connectivity index (χ0) is 12.4. The first-order valence-corrected chi connectivity index (χ1v) is 5.29. The summed E-state index contributed by atoms with van der Waals surface area (Å²) in [6.07, 6.45) is 0.109. The molecule has 0 aliphatic heterocycles. The van der Waals surface area contributed by atoms with E-state index in [9.17, 15) is 9.59 Å². The Bertz CT molecular complexity index is 217. The molecule has 0 radical (unpaired) electrons. The van der Waals surface area contributed by atoms with E-state index in [-0.39, 0.29) is 37.4 Å². The van der Waals surface area contributed by atoms with E-state index in [1.54, 1.807) is 6.92 Å². The Morgan fingerprint density at radius 2 is 2.12 bits per heavy atom. The summed E-state index contributed by atoms with van der Waals surface area (Å²) in [5.74, 6) is -0.494. The molecule has 0 saturated heterocycles. The zero-order valence-corrected chi connectivity index (χ0v) is 9.82. The van der Waals surface area contributed by atoms with Gasteiger partial charge < -0.3 is 20.5 Å². The molecular formula is C10H20N2O4. The number of nitrogens with one attached hydrogen (secondary N) is 1. The van der Waals surface area contributed by atoms with Gasteiger partial charge in [0, 0.05) is 20.2 Å². The van der Waals surface area contributed by atoms with E-state index in [2.05, 4.69) is 5.32 Å². The topological polar surface area (TPSA) is 90.7 Å². The van der Waals surface area contributed by atoms with Gasteiger partial charge in [0.1, 0.15) is 0 Å². The van der Waals surface area contributed by atoms with Gasteiger partial charge in [-0.25, -0.2) is 0 Å². The summed E-state index contributed by atoms with van der Waals surface area (Å²) in [6, 6.07) is 0. The minimum absolute atomic E-state index is 0.179. The van der Waals surface area contributed by atoms with Crippen LogP contribution in [0.3, 0.4) is 0 Å².